The van der Waals surface area contributed by atoms with Gasteiger partial charge in [-0.1, -0.05) is 30.3 Å². The topological polar surface area (TPSA) is 44.4 Å². The Morgan fingerprint density at radius 2 is 2.22 bits per heavy atom. The molecular weight excluding hydrogens is 226 g/mol. The van der Waals surface area contributed by atoms with Crippen molar-refractivity contribution < 1.29 is 4.79 Å². The van der Waals surface area contributed by atoms with Crippen molar-refractivity contribution >= 4 is 5.91 Å². The smallest absolute Gasteiger partial charge is 0.238 e. The Labute approximate surface area is 108 Å². The Morgan fingerprint density at radius 1 is 1.44 bits per heavy atom. The van der Waals surface area contributed by atoms with E-state index in [1.165, 1.54) is 5.56 Å². The zero-order chi connectivity index (χ0) is 12.8. The van der Waals surface area contributed by atoms with Gasteiger partial charge in [0.15, 0.2) is 0 Å². The lowest BCUT2D eigenvalue weighted by Crippen LogP contribution is -2.57. The SMILES string of the molecule is CCNC(=O)C1CNCCN1Cc1ccccc1. The molecule has 1 heterocycles. The molecule has 0 aromatic heterocycles. The summed E-state index contributed by atoms with van der Waals surface area (Å²) in [6.07, 6.45) is 0. The van der Waals surface area contributed by atoms with Crippen molar-refractivity contribution in [1.29, 1.82) is 0 Å². The summed E-state index contributed by atoms with van der Waals surface area (Å²) in [5.74, 6) is 0.126. The van der Waals surface area contributed by atoms with Crippen LogP contribution in [0.5, 0.6) is 0 Å². The van der Waals surface area contributed by atoms with Crippen LogP contribution >= 0.6 is 0 Å². The van der Waals surface area contributed by atoms with Gasteiger partial charge in [-0.15, -0.1) is 0 Å². The lowest BCUT2D eigenvalue weighted by atomic mass is 10.1. The van der Waals surface area contributed by atoms with Gasteiger partial charge in [-0.25, -0.2) is 0 Å². The van der Waals surface area contributed by atoms with Crippen LogP contribution < -0.4 is 10.6 Å². The van der Waals surface area contributed by atoms with Gasteiger partial charge < -0.3 is 10.6 Å². The first-order chi connectivity index (χ1) is 8.81. The fourth-order valence-electron chi connectivity index (χ4n) is 2.30. The van der Waals surface area contributed by atoms with Crippen molar-refractivity contribution in [3.8, 4) is 0 Å². The van der Waals surface area contributed by atoms with Crippen molar-refractivity contribution in [3.05, 3.63) is 35.9 Å². The maximum absolute atomic E-state index is 12.0. The number of hydrogen-bond acceptors (Lipinski definition) is 3. The van der Waals surface area contributed by atoms with Crippen LogP contribution in [0.25, 0.3) is 0 Å². The molecule has 1 aromatic carbocycles. The number of amides is 1. The summed E-state index contributed by atoms with van der Waals surface area (Å²) in [4.78, 5) is 14.3. The first-order valence-corrected chi connectivity index (χ1v) is 6.57. The highest BCUT2D eigenvalue weighted by molar-refractivity contribution is 5.82. The number of hydrogen-bond donors (Lipinski definition) is 2. The number of benzene rings is 1. The first kappa shape index (κ1) is 13.1. The quantitative estimate of drug-likeness (QED) is 0.819. The van der Waals surface area contributed by atoms with Crippen molar-refractivity contribution in [1.82, 2.24) is 15.5 Å². The van der Waals surface area contributed by atoms with Gasteiger partial charge in [-0.2, -0.15) is 0 Å². The summed E-state index contributed by atoms with van der Waals surface area (Å²) in [5.41, 5.74) is 1.26. The standard InChI is InChI=1S/C14H21N3O/c1-2-16-14(18)13-10-15-8-9-17(13)11-12-6-4-3-5-7-12/h3-7,13,15H,2,8-11H2,1H3,(H,16,18). The molecular formula is C14H21N3O. The predicted molar refractivity (Wildman–Crippen MR) is 72.2 cm³/mol. The van der Waals surface area contributed by atoms with Crippen LogP contribution in [-0.4, -0.2) is 43.0 Å². The number of piperazine rings is 1. The number of rotatable bonds is 4. The van der Waals surface area contributed by atoms with Gasteiger partial charge in [0.25, 0.3) is 0 Å². The van der Waals surface area contributed by atoms with Crippen LogP contribution in [0.1, 0.15) is 12.5 Å². The molecule has 0 bridgehead atoms. The van der Waals surface area contributed by atoms with Crippen LogP contribution in [0.15, 0.2) is 30.3 Å². The molecule has 0 spiro atoms. The normalized spacial score (nSPS) is 20.6. The van der Waals surface area contributed by atoms with Crippen molar-refractivity contribution in [2.75, 3.05) is 26.2 Å². The van der Waals surface area contributed by atoms with Gasteiger partial charge in [0.2, 0.25) is 5.91 Å². The van der Waals surface area contributed by atoms with E-state index in [0.717, 1.165) is 26.2 Å². The van der Waals surface area contributed by atoms with E-state index >= 15 is 0 Å². The predicted octanol–water partition coefficient (Wildman–Crippen LogP) is 0.597. The molecule has 1 unspecified atom stereocenters. The summed E-state index contributed by atoms with van der Waals surface area (Å²) < 4.78 is 0. The van der Waals surface area contributed by atoms with E-state index in [0.29, 0.717) is 6.54 Å². The molecule has 4 nitrogen and oxygen atoms in total. The van der Waals surface area contributed by atoms with E-state index < -0.39 is 0 Å². The molecule has 2 N–H and O–H groups in total. The number of carbonyl (C=O) groups excluding carboxylic acids is 1. The number of nitrogens with zero attached hydrogens (tertiary/aromatic N) is 1. The zero-order valence-corrected chi connectivity index (χ0v) is 10.9. The van der Waals surface area contributed by atoms with E-state index in [4.69, 9.17) is 0 Å². The average molecular weight is 247 g/mol. The lowest BCUT2D eigenvalue weighted by molar-refractivity contribution is -0.127. The number of likely N-dealkylation sites (N-methyl/N-ethyl adjacent to an activating group) is 1. The minimum atomic E-state index is -0.0566. The van der Waals surface area contributed by atoms with Gasteiger partial charge in [-0.3, -0.25) is 9.69 Å². The van der Waals surface area contributed by atoms with Crippen molar-refractivity contribution in [2.45, 2.75) is 19.5 Å². The largest absolute Gasteiger partial charge is 0.355 e. The van der Waals surface area contributed by atoms with Gasteiger partial charge >= 0.3 is 0 Å². The van der Waals surface area contributed by atoms with E-state index in [-0.39, 0.29) is 11.9 Å². The fraction of sp³-hybridized carbons (Fsp3) is 0.500. The van der Waals surface area contributed by atoms with E-state index in [2.05, 4.69) is 27.7 Å². The fourth-order valence-corrected chi connectivity index (χ4v) is 2.30. The third kappa shape index (κ3) is 3.31. The minimum absolute atomic E-state index is 0.0566. The minimum Gasteiger partial charge on any atom is -0.355 e. The van der Waals surface area contributed by atoms with E-state index in [9.17, 15) is 4.79 Å². The lowest BCUT2D eigenvalue weighted by Gasteiger charge is -2.35. The molecule has 1 saturated heterocycles. The van der Waals surface area contributed by atoms with Gasteiger partial charge in [0.1, 0.15) is 6.04 Å². The van der Waals surface area contributed by atoms with Gasteiger partial charge in [0.05, 0.1) is 0 Å². The highest BCUT2D eigenvalue weighted by Gasteiger charge is 2.27. The molecule has 1 fully saturated rings. The summed E-state index contributed by atoms with van der Waals surface area (Å²) in [5, 5.41) is 6.20. The Morgan fingerprint density at radius 3 is 2.94 bits per heavy atom. The van der Waals surface area contributed by atoms with E-state index in [1.54, 1.807) is 0 Å². The monoisotopic (exact) mass is 247 g/mol. The van der Waals surface area contributed by atoms with E-state index in [1.807, 2.05) is 25.1 Å². The van der Waals surface area contributed by atoms with Gasteiger partial charge in [0, 0.05) is 32.7 Å². The average Bonchev–Trinajstić information content (AvgIpc) is 2.41. The highest BCUT2D eigenvalue weighted by Crippen LogP contribution is 2.10. The van der Waals surface area contributed by atoms with Crippen LogP contribution in [0, 0.1) is 0 Å². The highest BCUT2D eigenvalue weighted by atomic mass is 16.2. The Kier molecular flexibility index (Phi) is 4.73. The molecule has 1 aliphatic heterocycles. The Bertz CT molecular complexity index is 380. The molecule has 0 saturated carbocycles. The van der Waals surface area contributed by atoms with Gasteiger partial charge in [-0.05, 0) is 12.5 Å². The molecule has 1 aliphatic rings. The second kappa shape index (κ2) is 6.52. The van der Waals surface area contributed by atoms with Crippen molar-refractivity contribution in [2.24, 2.45) is 0 Å². The third-order valence-electron chi connectivity index (χ3n) is 3.24. The number of nitrogens with one attached hydrogen (secondary N) is 2. The maximum atomic E-state index is 12.0. The molecule has 0 aliphatic carbocycles. The summed E-state index contributed by atoms with van der Waals surface area (Å²) in [6, 6.07) is 10.3. The van der Waals surface area contributed by atoms with Crippen molar-refractivity contribution in [3.63, 3.8) is 0 Å². The van der Waals surface area contributed by atoms with Crippen LogP contribution in [-0.2, 0) is 11.3 Å². The summed E-state index contributed by atoms with van der Waals surface area (Å²) in [7, 11) is 0. The molecule has 1 aromatic rings. The third-order valence-corrected chi connectivity index (χ3v) is 3.24. The second-order valence-corrected chi connectivity index (χ2v) is 4.57. The maximum Gasteiger partial charge on any atom is 0.238 e. The Hall–Kier alpha value is -1.39. The first-order valence-electron chi connectivity index (χ1n) is 6.57. The molecule has 18 heavy (non-hydrogen) atoms. The van der Waals surface area contributed by atoms with Crippen LogP contribution in [0.4, 0.5) is 0 Å². The molecule has 1 atom stereocenters. The molecule has 4 heteroatoms. The Balaban J connectivity index is 2.01. The van der Waals surface area contributed by atoms with Crippen LogP contribution in [0.2, 0.25) is 0 Å². The zero-order valence-electron chi connectivity index (χ0n) is 10.9. The number of carbonyl (C=O) groups is 1. The summed E-state index contributed by atoms with van der Waals surface area (Å²) in [6.45, 7) is 6.08. The summed E-state index contributed by atoms with van der Waals surface area (Å²) >= 11 is 0. The molecule has 98 valence electrons. The molecule has 1 amide bonds. The molecule has 0 radical (unpaired) electrons. The van der Waals surface area contributed by atoms with Crippen LogP contribution in [0.3, 0.4) is 0 Å². The molecule has 2 rings (SSSR count). The second-order valence-electron chi connectivity index (χ2n) is 4.57.